The molecule has 0 aromatic rings. The van der Waals surface area contributed by atoms with Crippen LogP contribution in [0.25, 0.3) is 0 Å². The molecule has 0 aromatic carbocycles. The van der Waals surface area contributed by atoms with Crippen LogP contribution in [-0.4, -0.2) is 53.5 Å². The Hall–Kier alpha value is -1.10. The minimum Gasteiger partial charge on any atom is -0.329 e. The van der Waals surface area contributed by atoms with Crippen molar-refractivity contribution < 1.29 is 9.59 Å². The molecule has 1 aliphatic carbocycles. The lowest BCUT2D eigenvalue weighted by Gasteiger charge is -2.38. The standard InChI is InChI=1S/C13H21N3O2/c1-9(10-2-3-10)15-6-4-11(5-7-15)16-12(17)8-14-13(16)18/h9-11H,2-8H2,1H3,(H,14,18). The summed E-state index contributed by atoms with van der Waals surface area (Å²) in [4.78, 5) is 27.2. The van der Waals surface area contributed by atoms with E-state index in [1.54, 1.807) is 0 Å². The van der Waals surface area contributed by atoms with Gasteiger partial charge >= 0.3 is 6.03 Å². The summed E-state index contributed by atoms with van der Waals surface area (Å²) in [5.41, 5.74) is 0. The van der Waals surface area contributed by atoms with E-state index in [0.717, 1.165) is 31.8 Å². The van der Waals surface area contributed by atoms with Gasteiger partial charge in [-0.3, -0.25) is 9.69 Å². The zero-order chi connectivity index (χ0) is 12.7. The summed E-state index contributed by atoms with van der Waals surface area (Å²) < 4.78 is 0. The number of urea groups is 1. The van der Waals surface area contributed by atoms with Crippen molar-refractivity contribution in [3.05, 3.63) is 0 Å². The number of piperidine rings is 1. The largest absolute Gasteiger partial charge is 0.329 e. The number of carbonyl (C=O) groups is 2. The molecule has 5 nitrogen and oxygen atoms in total. The Bertz CT molecular complexity index is 343. The minimum absolute atomic E-state index is 0.0614. The number of likely N-dealkylation sites (tertiary alicyclic amines) is 1. The molecule has 0 bridgehead atoms. The highest BCUT2D eigenvalue weighted by Gasteiger charge is 2.39. The molecule has 0 radical (unpaired) electrons. The van der Waals surface area contributed by atoms with E-state index in [2.05, 4.69) is 17.1 Å². The third-order valence-electron chi connectivity index (χ3n) is 4.62. The normalized spacial score (nSPS) is 28.6. The van der Waals surface area contributed by atoms with E-state index in [1.807, 2.05) is 0 Å². The Balaban J connectivity index is 1.56. The molecule has 3 amide bonds. The smallest absolute Gasteiger partial charge is 0.324 e. The lowest BCUT2D eigenvalue weighted by atomic mass is 10.0. The van der Waals surface area contributed by atoms with E-state index >= 15 is 0 Å². The van der Waals surface area contributed by atoms with Crippen molar-refractivity contribution in [2.24, 2.45) is 5.92 Å². The molecule has 1 unspecified atom stereocenters. The Morgan fingerprint density at radius 3 is 2.33 bits per heavy atom. The van der Waals surface area contributed by atoms with Gasteiger partial charge in [0.05, 0.1) is 6.54 Å². The summed E-state index contributed by atoms with van der Waals surface area (Å²) in [6.45, 7) is 4.52. The zero-order valence-electron chi connectivity index (χ0n) is 10.9. The Kier molecular flexibility index (Phi) is 3.01. The molecule has 3 rings (SSSR count). The van der Waals surface area contributed by atoms with Gasteiger partial charge in [0.1, 0.15) is 0 Å². The van der Waals surface area contributed by atoms with Crippen molar-refractivity contribution in [3.8, 4) is 0 Å². The first-order valence-electron chi connectivity index (χ1n) is 7.01. The molecule has 5 heteroatoms. The van der Waals surface area contributed by atoms with Gasteiger partial charge in [-0.2, -0.15) is 0 Å². The fraction of sp³-hybridized carbons (Fsp3) is 0.846. The first kappa shape index (κ1) is 12.0. The number of nitrogens with one attached hydrogen (secondary N) is 1. The fourth-order valence-corrected chi connectivity index (χ4v) is 3.23. The summed E-state index contributed by atoms with van der Waals surface area (Å²) in [7, 11) is 0. The van der Waals surface area contributed by atoms with Crippen molar-refractivity contribution in [3.63, 3.8) is 0 Å². The molecule has 1 N–H and O–H groups in total. The first-order valence-corrected chi connectivity index (χ1v) is 7.01. The molecule has 0 spiro atoms. The van der Waals surface area contributed by atoms with Crippen LogP contribution in [0, 0.1) is 5.92 Å². The molecule has 18 heavy (non-hydrogen) atoms. The third-order valence-corrected chi connectivity index (χ3v) is 4.62. The van der Waals surface area contributed by atoms with Gasteiger partial charge in [-0.1, -0.05) is 0 Å². The summed E-state index contributed by atoms with van der Waals surface area (Å²) in [6.07, 6.45) is 4.59. The Labute approximate surface area is 107 Å². The topological polar surface area (TPSA) is 52.6 Å². The van der Waals surface area contributed by atoms with Crippen LogP contribution in [0.15, 0.2) is 0 Å². The lowest BCUT2D eigenvalue weighted by Crippen LogP contribution is -2.49. The van der Waals surface area contributed by atoms with E-state index < -0.39 is 0 Å². The van der Waals surface area contributed by atoms with Crippen LogP contribution >= 0.6 is 0 Å². The van der Waals surface area contributed by atoms with Crippen molar-refractivity contribution in [1.29, 1.82) is 0 Å². The molecule has 2 heterocycles. The molecule has 100 valence electrons. The molecular formula is C13H21N3O2. The monoisotopic (exact) mass is 251 g/mol. The number of rotatable bonds is 3. The zero-order valence-corrected chi connectivity index (χ0v) is 10.9. The quantitative estimate of drug-likeness (QED) is 0.755. The van der Waals surface area contributed by atoms with Gasteiger partial charge < -0.3 is 10.2 Å². The van der Waals surface area contributed by atoms with Crippen LogP contribution in [0.2, 0.25) is 0 Å². The molecule has 2 saturated heterocycles. The van der Waals surface area contributed by atoms with Crippen LogP contribution in [-0.2, 0) is 4.79 Å². The molecular weight excluding hydrogens is 230 g/mol. The second-order valence-corrected chi connectivity index (χ2v) is 5.77. The molecule has 2 aliphatic heterocycles. The van der Waals surface area contributed by atoms with Crippen LogP contribution in [0.3, 0.4) is 0 Å². The highest BCUT2D eigenvalue weighted by atomic mass is 16.2. The molecule has 1 atom stereocenters. The maximum absolute atomic E-state index is 11.6. The lowest BCUT2D eigenvalue weighted by molar-refractivity contribution is -0.127. The molecule has 3 aliphatic rings. The number of hydrogen-bond donors (Lipinski definition) is 1. The minimum atomic E-state index is -0.200. The number of nitrogens with zero attached hydrogens (tertiary/aromatic N) is 2. The number of hydrogen-bond acceptors (Lipinski definition) is 3. The fourth-order valence-electron chi connectivity index (χ4n) is 3.23. The van der Waals surface area contributed by atoms with Gasteiger partial charge in [-0.25, -0.2) is 4.79 Å². The van der Waals surface area contributed by atoms with Crippen LogP contribution in [0.5, 0.6) is 0 Å². The van der Waals surface area contributed by atoms with Crippen LogP contribution in [0.1, 0.15) is 32.6 Å². The van der Waals surface area contributed by atoms with Gasteiger partial charge in [0.15, 0.2) is 0 Å². The second-order valence-electron chi connectivity index (χ2n) is 5.77. The molecule has 3 fully saturated rings. The maximum Gasteiger partial charge on any atom is 0.324 e. The van der Waals surface area contributed by atoms with E-state index in [1.165, 1.54) is 17.7 Å². The molecule has 0 aromatic heterocycles. The van der Waals surface area contributed by atoms with E-state index in [9.17, 15) is 9.59 Å². The predicted octanol–water partition coefficient (Wildman–Crippen LogP) is 0.801. The van der Waals surface area contributed by atoms with Crippen LogP contribution < -0.4 is 5.32 Å². The van der Waals surface area contributed by atoms with E-state index in [4.69, 9.17) is 0 Å². The van der Waals surface area contributed by atoms with Crippen LogP contribution in [0.4, 0.5) is 4.79 Å². The maximum atomic E-state index is 11.6. The number of carbonyl (C=O) groups excluding carboxylic acids is 2. The Morgan fingerprint density at radius 2 is 1.83 bits per heavy atom. The molecule has 1 saturated carbocycles. The van der Waals surface area contributed by atoms with Crippen molar-refractivity contribution in [2.75, 3.05) is 19.6 Å². The average molecular weight is 251 g/mol. The highest BCUT2D eigenvalue weighted by Crippen LogP contribution is 2.36. The summed E-state index contributed by atoms with van der Waals surface area (Å²) >= 11 is 0. The second kappa shape index (κ2) is 4.53. The van der Waals surface area contributed by atoms with Gasteiger partial charge in [0.2, 0.25) is 5.91 Å². The average Bonchev–Trinajstić information content (AvgIpc) is 3.16. The van der Waals surface area contributed by atoms with Gasteiger partial charge in [0, 0.05) is 25.2 Å². The SMILES string of the molecule is CC(C1CC1)N1CCC(N2C(=O)CNC2=O)CC1. The summed E-state index contributed by atoms with van der Waals surface area (Å²) in [5.74, 6) is 0.826. The van der Waals surface area contributed by atoms with E-state index in [0.29, 0.717) is 6.04 Å². The first-order chi connectivity index (χ1) is 8.66. The van der Waals surface area contributed by atoms with Crippen molar-refractivity contribution >= 4 is 11.9 Å². The number of imide groups is 1. The number of amides is 3. The highest BCUT2D eigenvalue weighted by molar-refractivity contribution is 6.02. The van der Waals surface area contributed by atoms with Gasteiger partial charge in [-0.05, 0) is 38.5 Å². The van der Waals surface area contributed by atoms with Crippen molar-refractivity contribution in [2.45, 2.75) is 44.7 Å². The van der Waals surface area contributed by atoms with Crippen molar-refractivity contribution in [1.82, 2.24) is 15.1 Å². The summed E-state index contributed by atoms with van der Waals surface area (Å²) in [5, 5.41) is 2.60. The van der Waals surface area contributed by atoms with E-state index in [-0.39, 0.29) is 24.5 Å². The van der Waals surface area contributed by atoms with Gasteiger partial charge in [0.25, 0.3) is 0 Å². The Morgan fingerprint density at radius 1 is 1.17 bits per heavy atom. The third kappa shape index (κ3) is 2.11. The predicted molar refractivity (Wildman–Crippen MR) is 67.0 cm³/mol. The van der Waals surface area contributed by atoms with Gasteiger partial charge in [-0.15, -0.1) is 0 Å². The summed E-state index contributed by atoms with van der Waals surface area (Å²) in [6, 6.07) is 0.588.